The van der Waals surface area contributed by atoms with Crippen LogP contribution in [0.4, 0.5) is 11.6 Å². The fraction of sp³-hybridized carbons (Fsp3) is 0.368. The molecule has 1 saturated carbocycles. The summed E-state index contributed by atoms with van der Waals surface area (Å²) in [5.74, 6) is 1.88. The first-order valence-corrected chi connectivity index (χ1v) is 9.40. The molecule has 1 aliphatic carbocycles. The molecule has 0 aliphatic heterocycles. The summed E-state index contributed by atoms with van der Waals surface area (Å²) in [6.45, 7) is 6.46. The van der Waals surface area contributed by atoms with Crippen LogP contribution in [0.2, 0.25) is 0 Å². The molecule has 2 aromatic rings. The summed E-state index contributed by atoms with van der Waals surface area (Å²) in [4.78, 5) is 13.4. The van der Waals surface area contributed by atoms with E-state index in [0.717, 1.165) is 35.7 Å². The molecular weight excluding hydrogens is 360 g/mol. The molecule has 0 unspecified atom stereocenters. The number of thiocarbonyl (C=S) groups is 1. The molecule has 1 aromatic heterocycles. The van der Waals surface area contributed by atoms with E-state index in [0.29, 0.717) is 29.7 Å². The molecule has 27 heavy (non-hydrogen) atoms. The van der Waals surface area contributed by atoms with Crippen molar-refractivity contribution in [3.8, 4) is 5.75 Å². The quantitative estimate of drug-likeness (QED) is 0.414. The van der Waals surface area contributed by atoms with E-state index in [1.807, 2.05) is 51.1 Å². The molecule has 0 spiro atoms. The zero-order valence-corrected chi connectivity index (χ0v) is 16.6. The molecule has 0 atom stereocenters. The van der Waals surface area contributed by atoms with Crippen molar-refractivity contribution in [3.05, 3.63) is 41.7 Å². The molecule has 142 valence electrons. The number of aliphatic imine (C=N–C) groups is 1. The monoisotopic (exact) mass is 384 g/mol. The lowest BCUT2D eigenvalue weighted by Gasteiger charge is -2.14. The summed E-state index contributed by atoms with van der Waals surface area (Å²) in [5, 5.41) is 9.84. The van der Waals surface area contributed by atoms with Crippen molar-refractivity contribution in [2.45, 2.75) is 39.7 Å². The lowest BCUT2D eigenvalue weighted by atomic mass is 10.3. The molecule has 1 aromatic carbocycles. The molecule has 0 bridgehead atoms. The lowest BCUT2D eigenvalue weighted by molar-refractivity contribution is 0.340. The minimum absolute atomic E-state index is 0.319. The first-order chi connectivity index (χ1) is 13.0. The summed E-state index contributed by atoms with van der Waals surface area (Å²) >= 11 is 5.42. The van der Waals surface area contributed by atoms with Crippen LogP contribution in [0.5, 0.6) is 5.75 Å². The third-order valence-corrected chi connectivity index (χ3v) is 3.93. The van der Waals surface area contributed by atoms with Gasteiger partial charge < -0.3 is 15.4 Å². The molecule has 0 radical (unpaired) electrons. The topological polar surface area (TPSA) is 83.5 Å². The average Bonchev–Trinajstić information content (AvgIpc) is 3.40. The second-order valence-electron chi connectivity index (χ2n) is 6.34. The highest BCUT2D eigenvalue weighted by atomic mass is 32.1. The number of aromatic nitrogens is 2. The Morgan fingerprint density at radius 1 is 1.15 bits per heavy atom. The number of hydrogen-bond donors (Lipinski definition) is 3. The van der Waals surface area contributed by atoms with E-state index in [-0.39, 0.29) is 0 Å². The molecule has 1 heterocycles. The molecule has 3 N–H and O–H groups in total. The van der Waals surface area contributed by atoms with E-state index in [1.165, 1.54) is 0 Å². The average molecular weight is 385 g/mol. The maximum atomic E-state index is 5.45. The van der Waals surface area contributed by atoms with E-state index in [2.05, 4.69) is 30.9 Å². The van der Waals surface area contributed by atoms with Gasteiger partial charge in [-0.15, -0.1) is 0 Å². The largest absolute Gasteiger partial charge is 0.494 e. The standard InChI is InChI=1S/C19H24N6OS/c1-4-26-16-9-7-15(8-10-16)23-19(27)25-18(22-14-5-6-14)24-17-20-12(2)11-13(3)21-17/h7-11,14H,4-6H2,1-3H3,(H3,20,21,22,23,24,25,27). The van der Waals surface area contributed by atoms with Gasteiger partial charge in [0.25, 0.3) is 0 Å². The van der Waals surface area contributed by atoms with Gasteiger partial charge in [0.05, 0.1) is 12.6 Å². The summed E-state index contributed by atoms with van der Waals surface area (Å²) in [6.07, 6.45) is 2.17. The van der Waals surface area contributed by atoms with E-state index >= 15 is 0 Å². The highest BCUT2D eigenvalue weighted by Crippen LogP contribution is 2.23. The van der Waals surface area contributed by atoms with Crippen LogP contribution in [0.3, 0.4) is 0 Å². The van der Waals surface area contributed by atoms with E-state index in [9.17, 15) is 0 Å². The van der Waals surface area contributed by atoms with Crippen molar-refractivity contribution in [1.29, 1.82) is 0 Å². The molecule has 3 rings (SSSR count). The molecule has 7 nitrogen and oxygen atoms in total. The number of hydrogen-bond acceptors (Lipinski definition) is 5. The van der Waals surface area contributed by atoms with Crippen LogP contribution in [-0.4, -0.2) is 33.7 Å². The van der Waals surface area contributed by atoms with Gasteiger partial charge in [-0.05, 0) is 76.2 Å². The van der Waals surface area contributed by atoms with Gasteiger partial charge in [0, 0.05) is 17.1 Å². The molecule has 0 saturated heterocycles. The second-order valence-corrected chi connectivity index (χ2v) is 6.75. The third kappa shape index (κ3) is 6.18. The Labute approximate surface area is 164 Å². The number of aryl methyl sites for hydroxylation is 2. The molecule has 8 heteroatoms. The van der Waals surface area contributed by atoms with Crippen LogP contribution in [0.15, 0.2) is 35.3 Å². The maximum absolute atomic E-state index is 5.45. The SMILES string of the molecule is CCOc1ccc(NC(=S)NC(=NC2CC2)Nc2nc(C)cc(C)n2)cc1. The van der Waals surface area contributed by atoms with Gasteiger partial charge >= 0.3 is 0 Å². The van der Waals surface area contributed by atoms with Crippen LogP contribution in [-0.2, 0) is 0 Å². The normalized spacial score (nSPS) is 13.8. The number of nitrogens with one attached hydrogen (secondary N) is 3. The van der Waals surface area contributed by atoms with Gasteiger partial charge in [0.2, 0.25) is 11.9 Å². The van der Waals surface area contributed by atoms with Crippen molar-refractivity contribution >= 4 is 34.9 Å². The predicted molar refractivity (Wildman–Crippen MR) is 113 cm³/mol. The maximum Gasteiger partial charge on any atom is 0.229 e. The smallest absolute Gasteiger partial charge is 0.229 e. The van der Waals surface area contributed by atoms with Crippen LogP contribution in [0.1, 0.15) is 31.2 Å². The Bertz CT molecular complexity index is 812. The molecular formula is C19H24N6OS. The van der Waals surface area contributed by atoms with Crippen LogP contribution >= 0.6 is 12.2 Å². The molecule has 1 aliphatic rings. The number of nitrogens with zero attached hydrogens (tertiary/aromatic N) is 3. The lowest BCUT2D eigenvalue weighted by Crippen LogP contribution is -2.39. The van der Waals surface area contributed by atoms with Crippen molar-refractivity contribution < 1.29 is 4.74 Å². The Balaban J connectivity index is 1.64. The minimum Gasteiger partial charge on any atom is -0.494 e. The van der Waals surface area contributed by atoms with E-state index in [4.69, 9.17) is 17.0 Å². The van der Waals surface area contributed by atoms with Crippen LogP contribution < -0.4 is 20.7 Å². The summed E-state index contributed by atoms with van der Waals surface area (Å²) in [7, 11) is 0. The number of rotatable bonds is 5. The molecule has 1 fully saturated rings. The number of benzene rings is 1. The summed E-state index contributed by atoms with van der Waals surface area (Å²) in [6, 6.07) is 9.87. The van der Waals surface area contributed by atoms with Gasteiger partial charge in [-0.3, -0.25) is 5.32 Å². The number of ether oxygens (including phenoxy) is 1. The van der Waals surface area contributed by atoms with Gasteiger partial charge in [-0.25, -0.2) is 15.0 Å². The zero-order chi connectivity index (χ0) is 19.2. The Morgan fingerprint density at radius 2 is 1.81 bits per heavy atom. The highest BCUT2D eigenvalue weighted by molar-refractivity contribution is 7.80. The predicted octanol–water partition coefficient (Wildman–Crippen LogP) is 3.41. The van der Waals surface area contributed by atoms with Crippen molar-refractivity contribution in [1.82, 2.24) is 15.3 Å². The summed E-state index contributed by atoms with van der Waals surface area (Å²) in [5.41, 5.74) is 2.65. The minimum atomic E-state index is 0.319. The number of guanidine groups is 1. The van der Waals surface area contributed by atoms with Crippen molar-refractivity contribution in [3.63, 3.8) is 0 Å². The third-order valence-electron chi connectivity index (χ3n) is 3.73. The van der Waals surface area contributed by atoms with Gasteiger partial charge in [0.15, 0.2) is 5.11 Å². The zero-order valence-electron chi connectivity index (χ0n) is 15.7. The summed E-state index contributed by atoms with van der Waals surface area (Å²) < 4.78 is 5.45. The first-order valence-electron chi connectivity index (χ1n) is 9.00. The van der Waals surface area contributed by atoms with Gasteiger partial charge in [-0.1, -0.05) is 0 Å². The Hall–Kier alpha value is -2.74. The second kappa shape index (κ2) is 8.77. The van der Waals surface area contributed by atoms with Crippen LogP contribution in [0, 0.1) is 13.8 Å². The Morgan fingerprint density at radius 3 is 2.41 bits per heavy atom. The number of anilines is 2. The van der Waals surface area contributed by atoms with E-state index < -0.39 is 0 Å². The fourth-order valence-electron chi connectivity index (χ4n) is 2.44. The van der Waals surface area contributed by atoms with Crippen LogP contribution in [0.25, 0.3) is 0 Å². The van der Waals surface area contributed by atoms with Gasteiger partial charge in [0.1, 0.15) is 5.75 Å². The van der Waals surface area contributed by atoms with Gasteiger partial charge in [-0.2, -0.15) is 0 Å². The van der Waals surface area contributed by atoms with E-state index in [1.54, 1.807) is 0 Å². The highest BCUT2D eigenvalue weighted by Gasteiger charge is 2.22. The van der Waals surface area contributed by atoms with Crippen molar-refractivity contribution in [2.75, 3.05) is 17.2 Å². The first kappa shape index (κ1) is 19.0. The fourth-order valence-corrected chi connectivity index (χ4v) is 2.66. The Kier molecular flexibility index (Phi) is 6.18. The van der Waals surface area contributed by atoms with Crippen molar-refractivity contribution in [2.24, 2.45) is 4.99 Å². The molecule has 0 amide bonds.